The van der Waals surface area contributed by atoms with E-state index in [1.807, 2.05) is 28.4 Å². The molecule has 2 aliphatic heterocycles. The minimum Gasteiger partial charge on any atom is -0.385 e. The van der Waals surface area contributed by atoms with E-state index in [2.05, 4.69) is 29.8 Å². The SMILES string of the molecule is CC1c2ccsc2CCN1C(=O)c1cccc2c1CCCN2. The van der Waals surface area contributed by atoms with Crippen LogP contribution in [0.2, 0.25) is 0 Å². The van der Waals surface area contributed by atoms with Gasteiger partial charge >= 0.3 is 0 Å². The van der Waals surface area contributed by atoms with Crippen molar-refractivity contribution in [3.63, 3.8) is 0 Å². The quantitative estimate of drug-likeness (QED) is 0.867. The van der Waals surface area contributed by atoms with Gasteiger partial charge in [0, 0.05) is 29.2 Å². The molecule has 0 aliphatic carbocycles. The van der Waals surface area contributed by atoms with Gasteiger partial charge in [0.2, 0.25) is 0 Å². The highest BCUT2D eigenvalue weighted by molar-refractivity contribution is 7.10. The average molecular weight is 312 g/mol. The number of hydrogen-bond donors (Lipinski definition) is 1. The van der Waals surface area contributed by atoms with Gasteiger partial charge in [-0.3, -0.25) is 4.79 Å². The van der Waals surface area contributed by atoms with Crippen LogP contribution in [0.1, 0.15) is 45.7 Å². The smallest absolute Gasteiger partial charge is 0.254 e. The number of anilines is 1. The second-order valence-corrected chi connectivity index (χ2v) is 7.09. The van der Waals surface area contributed by atoms with Crippen LogP contribution in [0.3, 0.4) is 0 Å². The lowest BCUT2D eigenvalue weighted by Crippen LogP contribution is -2.39. The standard InChI is InChI=1S/C18H20N2OS/c1-12-13-8-11-22-17(13)7-10-20(12)18(21)15-4-2-6-16-14(15)5-3-9-19-16/h2,4,6,8,11-12,19H,3,5,7,9-10H2,1H3. The number of nitrogens with zero attached hydrogens (tertiary/aromatic N) is 1. The van der Waals surface area contributed by atoms with Crippen molar-refractivity contribution >= 4 is 22.9 Å². The maximum absolute atomic E-state index is 13.1. The van der Waals surface area contributed by atoms with Gasteiger partial charge in [0.05, 0.1) is 6.04 Å². The molecule has 22 heavy (non-hydrogen) atoms. The van der Waals surface area contributed by atoms with E-state index >= 15 is 0 Å². The Bertz CT molecular complexity index is 722. The number of thiophene rings is 1. The van der Waals surface area contributed by atoms with Crippen molar-refractivity contribution in [1.82, 2.24) is 4.90 Å². The first-order chi connectivity index (χ1) is 10.8. The first-order valence-corrected chi connectivity index (χ1v) is 8.86. The first kappa shape index (κ1) is 13.8. The third-order valence-corrected chi connectivity index (χ3v) is 5.86. The fourth-order valence-electron chi connectivity index (χ4n) is 3.65. The van der Waals surface area contributed by atoms with Gasteiger partial charge < -0.3 is 10.2 Å². The summed E-state index contributed by atoms with van der Waals surface area (Å²) in [6.07, 6.45) is 3.08. The van der Waals surface area contributed by atoms with Gasteiger partial charge in [0.25, 0.3) is 5.91 Å². The van der Waals surface area contributed by atoms with Gasteiger partial charge in [-0.25, -0.2) is 0 Å². The Kier molecular flexibility index (Phi) is 3.41. The van der Waals surface area contributed by atoms with Crippen LogP contribution in [0.25, 0.3) is 0 Å². The van der Waals surface area contributed by atoms with Crippen LogP contribution >= 0.6 is 11.3 Å². The van der Waals surface area contributed by atoms with Crippen molar-refractivity contribution in [1.29, 1.82) is 0 Å². The van der Waals surface area contributed by atoms with Gasteiger partial charge in [-0.15, -0.1) is 11.3 Å². The molecule has 3 heterocycles. The maximum Gasteiger partial charge on any atom is 0.254 e. The molecule has 3 nitrogen and oxygen atoms in total. The van der Waals surface area contributed by atoms with Crippen molar-refractivity contribution in [2.24, 2.45) is 0 Å². The predicted molar refractivity (Wildman–Crippen MR) is 90.7 cm³/mol. The minimum atomic E-state index is 0.176. The molecule has 0 saturated heterocycles. The largest absolute Gasteiger partial charge is 0.385 e. The Balaban J connectivity index is 1.68. The third-order valence-electron chi connectivity index (χ3n) is 4.86. The van der Waals surface area contributed by atoms with E-state index in [-0.39, 0.29) is 11.9 Å². The molecule has 4 heteroatoms. The summed E-state index contributed by atoms with van der Waals surface area (Å²) in [5, 5.41) is 5.56. The molecule has 1 atom stereocenters. The van der Waals surface area contributed by atoms with Gasteiger partial charge in [-0.2, -0.15) is 0 Å². The lowest BCUT2D eigenvalue weighted by atomic mass is 9.94. The molecule has 0 fully saturated rings. The molecule has 2 aromatic rings. The van der Waals surface area contributed by atoms with E-state index in [0.717, 1.165) is 43.6 Å². The predicted octanol–water partition coefficient (Wildman–Crippen LogP) is 3.87. The van der Waals surface area contributed by atoms with E-state index in [4.69, 9.17) is 0 Å². The molecule has 0 saturated carbocycles. The van der Waals surface area contributed by atoms with Gasteiger partial charge in [-0.1, -0.05) is 6.07 Å². The van der Waals surface area contributed by atoms with Crippen molar-refractivity contribution in [3.8, 4) is 0 Å². The number of fused-ring (bicyclic) bond motifs is 2. The minimum absolute atomic E-state index is 0.176. The Hall–Kier alpha value is -1.81. The van der Waals surface area contributed by atoms with Crippen molar-refractivity contribution < 1.29 is 4.79 Å². The Morgan fingerprint density at radius 2 is 2.23 bits per heavy atom. The summed E-state index contributed by atoms with van der Waals surface area (Å²) in [5.74, 6) is 0.185. The normalized spacial score (nSPS) is 20.0. The number of amides is 1. The van der Waals surface area contributed by atoms with E-state index in [9.17, 15) is 4.79 Å². The molecule has 1 N–H and O–H groups in total. The zero-order valence-corrected chi connectivity index (χ0v) is 13.6. The summed E-state index contributed by atoms with van der Waals surface area (Å²) >= 11 is 1.81. The second-order valence-electron chi connectivity index (χ2n) is 6.09. The molecule has 2 aliphatic rings. The molecule has 1 aromatic heterocycles. The highest BCUT2D eigenvalue weighted by atomic mass is 32.1. The average Bonchev–Trinajstić information content (AvgIpc) is 3.04. The molecule has 1 aromatic carbocycles. The Morgan fingerprint density at radius 3 is 3.14 bits per heavy atom. The second kappa shape index (κ2) is 5.43. The van der Waals surface area contributed by atoms with Gasteiger partial charge in [0.1, 0.15) is 0 Å². The van der Waals surface area contributed by atoms with E-state index in [1.54, 1.807) is 0 Å². The lowest BCUT2D eigenvalue weighted by molar-refractivity contribution is 0.0678. The van der Waals surface area contributed by atoms with Crippen LogP contribution in [0.4, 0.5) is 5.69 Å². The maximum atomic E-state index is 13.1. The van der Waals surface area contributed by atoms with Gasteiger partial charge in [0.15, 0.2) is 0 Å². The molecule has 0 radical (unpaired) electrons. The highest BCUT2D eigenvalue weighted by Gasteiger charge is 2.30. The van der Waals surface area contributed by atoms with Crippen molar-refractivity contribution in [2.45, 2.75) is 32.2 Å². The molecular weight excluding hydrogens is 292 g/mol. The van der Waals surface area contributed by atoms with Crippen molar-refractivity contribution in [2.75, 3.05) is 18.4 Å². The summed E-state index contributed by atoms with van der Waals surface area (Å²) in [5.41, 5.74) is 4.54. The first-order valence-electron chi connectivity index (χ1n) is 7.98. The molecule has 1 amide bonds. The highest BCUT2D eigenvalue weighted by Crippen LogP contribution is 2.35. The third kappa shape index (κ3) is 2.13. The van der Waals surface area contributed by atoms with Crippen LogP contribution in [-0.2, 0) is 12.8 Å². The van der Waals surface area contributed by atoms with Crippen LogP contribution < -0.4 is 5.32 Å². The van der Waals surface area contributed by atoms with Crippen molar-refractivity contribution in [3.05, 3.63) is 51.2 Å². The summed E-state index contributed by atoms with van der Waals surface area (Å²) in [4.78, 5) is 16.6. The monoisotopic (exact) mass is 312 g/mol. The number of carbonyl (C=O) groups is 1. The summed E-state index contributed by atoms with van der Waals surface area (Å²) < 4.78 is 0. The summed E-state index contributed by atoms with van der Waals surface area (Å²) in [6, 6.07) is 8.42. The number of nitrogens with one attached hydrogen (secondary N) is 1. The number of rotatable bonds is 1. The molecule has 4 rings (SSSR count). The van der Waals surface area contributed by atoms with E-state index < -0.39 is 0 Å². The fraction of sp³-hybridized carbons (Fsp3) is 0.389. The van der Waals surface area contributed by atoms with Crippen LogP contribution in [-0.4, -0.2) is 23.9 Å². The molecular formula is C18H20N2OS. The van der Waals surface area contributed by atoms with Crippen LogP contribution in [0.15, 0.2) is 29.6 Å². The fourth-order valence-corrected chi connectivity index (χ4v) is 4.61. The lowest BCUT2D eigenvalue weighted by Gasteiger charge is -2.34. The van der Waals surface area contributed by atoms with E-state index in [0.29, 0.717) is 0 Å². The number of carbonyl (C=O) groups excluding carboxylic acids is 1. The van der Waals surface area contributed by atoms with Gasteiger partial charge in [-0.05, 0) is 60.9 Å². The Labute approximate surface area is 135 Å². The summed E-state index contributed by atoms with van der Waals surface area (Å²) in [7, 11) is 0. The number of hydrogen-bond acceptors (Lipinski definition) is 3. The zero-order valence-electron chi connectivity index (χ0n) is 12.8. The molecule has 1 unspecified atom stereocenters. The Morgan fingerprint density at radius 1 is 1.32 bits per heavy atom. The van der Waals surface area contributed by atoms with E-state index in [1.165, 1.54) is 16.0 Å². The summed E-state index contributed by atoms with van der Waals surface area (Å²) in [6.45, 7) is 3.98. The van der Waals surface area contributed by atoms with Crippen LogP contribution in [0.5, 0.6) is 0 Å². The molecule has 0 bridgehead atoms. The zero-order chi connectivity index (χ0) is 15.1. The topological polar surface area (TPSA) is 32.3 Å². The number of benzene rings is 1. The molecule has 0 spiro atoms. The van der Waals surface area contributed by atoms with Crippen LogP contribution in [0, 0.1) is 0 Å². The molecule has 114 valence electrons.